The summed E-state index contributed by atoms with van der Waals surface area (Å²) < 4.78 is 7.63. The number of carbonyl (C=O) groups is 1. The van der Waals surface area contributed by atoms with Crippen molar-refractivity contribution in [3.05, 3.63) is 64.2 Å². The number of carbonyl (C=O) groups excluding carboxylic acids is 1. The van der Waals surface area contributed by atoms with Gasteiger partial charge in [0.15, 0.2) is 11.6 Å². The molecule has 0 saturated carbocycles. The van der Waals surface area contributed by atoms with E-state index < -0.39 is 6.04 Å². The molecule has 1 aliphatic carbocycles. The monoisotopic (exact) mass is 380 g/mol. The van der Waals surface area contributed by atoms with E-state index in [1.165, 1.54) is 0 Å². The number of furan rings is 1. The van der Waals surface area contributed by atoms with Crippen molar-refractivity contribution in [3.8, 4) is 11.4 Å². The zero-order valence-electron chi connectivity index (χ0n) is 14.7. The number of nitrogens with zero attached hydrogens (tertiary/aromatic N) is 3. The van der Waals surface area contributed by atoms with Gasteiger partial charge < -0.3 is 9.73 Å². The van der Waals surface area contributed by atoms with Crippen LogP contribution in [0.5, 0.6) is 0 Å². The number of benzene rings is 1. The number of allylic oxidation sites excluding steroid dienone is 2. The quantitative estimate of drug-likeness (QED) is 0.707. The van der Waals surface area contributed by atoms with Crippen LogP contribution in [-0.4, -0.2) is 20.5 Å². The number of aromatic nitrogens is 3. The predicted molar refractivity (Wildman–Crippen MR) is 102 cm³/mol. The molecule has 1 unspecified atom stereocenters. The van der Waals surface area contributed by atoms with E-state index in [0.717, 1.165) is 35.4 Å². The number of halogens is 1. The molecule has 3 aromatic rings. The number of rotatable bonds is 2. The maximum atomic E-state index is 12.7. The van der Waals surface area contributed by atoms with Gasteiger partial charge in [0.25, 0.3) is 0 Å². The third kappa shape index (κ3) is 2.68. The van der Waals surface area contributed by atoms with Gasteiger partial charge in [-0.1, -0.05) is 23.7 Å². The van der Waals surface area contributed by atoms with Crippen LogP contribution >= 0.6 is 11.6 Å². The first-order valence-electron chi connectivity index (χ1n) is 8.92. The largest absolute Gasteiger partial charge is 0.464 e. The zero-order chi connectivity index (χ0) is 18.5. The molecule has 2 aliphatic rings. The van der Waals surface area contributed by atoms with Crippen LogP contribution in [0.4, 0.5) is 5.95 Å². The highest BCUT2D eigenvalue weighted by molar-refractivity contribution is 6.30. The van der Waals surface area contributed by atoms with Gasteiger partial charge in [0, 0.05) is 28.3 Å². The third-order valence-electron chi connectivity index (χ3n) is 4.98. The first kappa shape index (κ1) is 16.3. The van der Waals surface area contributed by atoms with E-state index in [-0.39, 0.29) is 5.78 Å². The molecule has 2 aromatic heterocycles. The van der Waals surface area contributed by atoms with E-state index in [4.69, 9.17) is 21.1 Å². The Morgan fingerprint density at radius 2 is 2.15 bits per heavy atom. The lowest BCUT2D eigenvalue weighted by Crippen LogP contribution is -2.31. The van der Waals surface area contributed by atoms with Crippen molar-refractivity contribution in [1.82, 2.24) is 14.8 Å². The number of ketones is 1. The maximum Gasteiger partial charge on any atom is 0.227 e. The van der Waals surface area contributed by atoms with E-state index >= 15 is 0 Å². The summed E-state index contributed by atoms with van der Waals surface area (Å²) >= 11 is 6.12. The molecule has 5 rings (SSSR count). The minimum absolute atomic E-state index is 0.133. The second-order valence-electron chi connectivity index (χ2n) is 6.86. The lowest BCUT2D eigenvalue weighted by atomic mass is 9.88. The minimum Gasteiger partial charge on any atom is -0.464 e. The summed E-state index contributed by atoms with van der Waals surface area (Å²) in [5, 5.41) is 8.63. The van der Waals surface area contributed by atoms with Crippen molar-refractivity contribution in [3.63, 3.8) is 0 Å². The van der Waals surface area contributed by atoms with Gasteiger partial charge in [0.2, 0.25) is 5.95 Å². The lowest BCUT2D eigenvalue weighted by molar-refractivity contribution is -0.116. The Morgan fingerprint density at radius 1 is 1.26 bits per heavy atom. The molecule has 0 spiro atoms. The fraction of sp³-hybridized carbons (Fsp3) is 0.250. The summed E-state index contributed by atoms with van der Waals surface area (Å²) in [6.45, 7) is 1.89. The van der Waals surface area contributed by atoms with E-state index in [1.54, 1.807) is 4.68 Å². The number of Topliss-reactive ketones (excluding diaryl/α,β-unsaturated/α-hetero) is 1. The van der Waals surface area contributed by atoms with E-state index in [2.05, 4.69) is 10.3 Å². The summed E-state index contributed by atoms with van der Waals surface area (Å²) in [5.41, 5.74) is 2.47. The Bertz CT molecular complexity index is 1100. The highest BCUT2D eigenvalue weighted by Crippen LogP contribution is 2.41. The molecule has 27 heavy (non-hydrogen) atoms. The molecule has 0 amide bonds. The summed E-state index contributed by atoms with van der Waals surface area (Å²) in [4.78, 5) is 17.4. The van der Waals surface area contributed by atoms with Crippen LogP contribution in [0.3, 0.4) is 0 Å². The van der Waals surface area contributed by atoms with Gasteiger partial charge >= 0.3 is 0 Å². The Kier molecular flexibility index (Phi) is 3.68. The molecule has 136 valence electrons. The van der Waals surface area contributed by atoms with Crippen molar-refractivity contribution < 1.29 is 9.21 Å². The molecule has 1 N–H and O–H groups in total. The molecule has 1 aromatic carbocycles. The van der Waals surface area contributed by atoms with E-state index in [1.807, 2.05) is 43.3 Å². The van der Waals surface area contributed by atoms with Crippen LogP contribution in [-0.2, 0) is 4.79 Å². The molecule has 1 atom stereocenters. The summed E-state index contributed by atoms with van der Waals surface area (Å²) in [7, 11) is 0. The van der Waals surface area contributed by atoms with Crippen LogP contribution in [0, 0.1) is 6.92 Å². The van der Waals surface area contributed by atoms with Gasteiger partial charge in [-0.25, -0.2) is 4.68 Å². The number of anilines is 1. The Morgan fingerprint density at radius 3 is 2.93 bits per heavy atom. The standard InChI is InChI=1S/C20H17ClN4O2/c1-11-8-9-16(27-11)18-17-14(6-3-7-15(17)26)22-20-23-19(24-25(18)20)12-4-2-5-13(21)10-12/h2,4-5,8-10,18H,3,6-7H2,1H3,(H,22,23,24). The summed E-state index contributed by atoms with van der Waals surface area (Å²) in [6.07, 6.45) is 2.20. The van der Waals surface area contributed by atoms with Crippen LogP contribution in [0.15, 0.2) is 52.1 Å². The molecule has 6 nitrogen and oxygen atoms in total. The fourth-order valence-corrected chi connectivity index (χ4v) is 3.96. The van der Waals surface area contributed by atoms with Crippen molar-refractivity contribution in [2.24, 2.45) is 0 Å². The summed E-state index contributed by atoms with van der Waals surface area (Å²) in [5.74, 6) is 2.79. The van der Waals surface area contributed by atoms with Crippen LogP contribution in [0.25, 0.3) is 11.4 Å². The average Bonchev–Trinajstić information content (AvgIpc) is 3.26. The van der Waals surface area contributed by atoms with Crippen molar-refractivity contribution in [2.75, 3.05) is 5.32 Å². The number of aryl methyl sites for hydroxylation is 1. The highest BCUT2D eigenvalue weighted by atomic mass is 35.5. The average molecular weight is 381 g/mol. The lowest BCUT2D eigenvalue weighted by Gasteiger charge is -2.30. The summed E-state index contributed by atoms with van der Waals surface area (Å²) in [6, 6.07) is 10.8. The van der Waals surface area contributed by atoms with Gasteiger partial charge in [-0.15, -0.1) is 5.10 Å². The first-order chi connectivity index (χ1) is 13.1. The molecule has 0 saturated heterocycles. The Hall–Kier alpha value is -2.86. The molecule has 0 fully saturated rings. The van der Waals surface area contributed by atoms with Gasteiger partial charge in [-0.3, -0.25) is 4.79 Å². The molecule has 1 aliphatic heterocycles. The van der Waals surface area contributed by atoms with Crippen molar-refractivity contribution in [2.45, 2.75) is 32.2 Å². The van der Waals surface area contributed by atoms with Crippen molar-refractivity contribution in [1.29, 1.82) is 0 Å². The predicted octanol–water partition coefficient (Wildman–Crippen LogP) is 4.52. The molecule has 0 bridgehead atoms. The highest BCUT2D eigenvalue weighted by Gasteiger charge is 2.38. The van der Waals surface area contributed by atoms with E-state index in [0.29, 0.717) is 29.0 Å². The Labute approximate surface area is 160 Å². The van der Waals surface area contributed by atoms with Gasteiger partial charge in [0.05, 0.1) is 0 Å². The molecular weight excluding hydrogens is 364 g/mol. The zero-order valence-corrected chi connectivity index (χ0v) is 15.5. The normalized spacial score (nSPS) is 18.9. The number of fused-ring (bicyclic) bond motifs is 1. The molecule has 7 heteroatoms. The van der Waals surface area contributed by atoms with Crippen LogP contribution < -0.4 is 5.32 Å². The van der Waals surface area contributed by atoms with Crippen LogP contribution in [0.2, 0.25) is 5.02 Å². The number of hydrogen-bond acceptors (Lipinski definition) is 5. The molecule has 3 heterocycles. The van der Waals surface area contributed by atoms with Gasteiger partial charge in [0.1, 0.15) is 17.6 Å². The first-order valence-corrected chi connectivity index (χ1v) is 9.30. The topological polar surface area (TPSA) is 73.0 Å². The van der Waals surface area contributed by atoms with Gasteiger partial charge in [-0.2, -0.15) is 4.98 Å². The second-order valence-corrected chi connectivity index (χ2v) is 7.30. The number of hydrogen-bond donors (Lipinski definition) is 1. The van der Waals surface area contributed by atoms with Crippen LogP contribution in [0.1, 0.15) is 36.8 Å². The minimum atomic E-state index is -0.404. The third-order valence-corrected chi connectivity index (χ3v) is 5.22. The second kappa shape index (κ2) is 6.09. The van der Waals surface area contributed by atoms with E-state index in [9.17, 15) is 4.79 Å². The smallest absolute Gasteiger partial charge is 0.227 e. The van der Waals surface area contributed by atoms with Crippen molar-refractivity contribution >= 4 is 23.3 Å². The fourth-order valence-electron chi connectivity index (χ4n) is 3.77. The Balaban J connectivity index is 1.68. The SMILES string of the molecule is Cc1ccc(C2C3=C(CCCC3=O)Nc3nc(-c4cccc(Cl)c4)nn32)o1. The van der Waals surface area contributed by atoms with Gasteiger partial charge in [-0.05, 0) is 44.0 Å². The molecular formula is C20H17ClN4O2. The number of nitrogens with one attached hydrogen (secondary N) is 1. The maximum absolute atomic E-state index is 12.7. The molecule has 0 radical (unpaired) electrons.